The van der Waals surface area contributed by atoms with E-state index in [-0.39, 0.29) is 17.7 Å². The molecule has 1 aromatic carbocycles. The number of hydrogen-bond acceptors (Lipinski definition) is 3. The summed E-state index contributed by atoms with van der Waals surface area (Å²) in [5.41, 5.74) is 1.03. The van der Waals surface area contributed by atoms with E-state index in [0.717, 1.165) is 37.8 Å². The van der Waals surface area contributed by atoms with Gasteiger partial charge < -0.3 is 4.90 Å². The van der Waals surface area contributed by atoms with Crippen LogP contribution in [0.15, 0.2) is 29.2 Å². The van der Waals surface area contributed by atoms with Crippen LogP contribution in [0.4, 0.5) is 0 Å². The van der Waals surface area contributed by atoms with E-state index in [9.17, 15) is 13.2 Å². The van der Waals surface area contributed by atoms with Gasteiger partial charge in [-0.25, -0.2) is 13.1 Å². The zero-order valence-electron chi connectivity index (χ0n) is 13.5. The van der Waals surface area contributed by atoms with Gasteiger partial charge in [-0.1, -0.05) is 17.7 Å². The summed E-state index contributed by atoms with van der Waals surface area (Å²) >= 11 is 0. The van der Waals surface area contributed by atoms with Crippen LogP contribution >= 0.6 is 0 Å². The SMILES string of the molecule is Cc1ccc(S(=O)(=O)NCC2CCCN(C(=O)C3CC3)C2)cc1. The molecule has 1 unspecified atom stereocenters. The second-order valence-corrected chi connectivity index (χ2v) is 8.50. The van der Waals surface area contributed by atoms with Gasteiger partial charge in [0.15, 0.2) is 0 Å². The summed E-state index contributed by atoms with van der Waals surface area (Å²) in [6, 6.07) is 6.85. The van der Waals surface area contributed by atoms with Crippen LogP contribution in [0.5, 0.6) is 0 Å². The molecule has 1 aromatic rings. The molecular weight excluding hydrogens is 312 g/mol. The molecule has 6 heteroatoms. The third-order valence-electron chi connectivity index (χ3n) is 4.65. The quantitative estimate of drug-likeness (QED) is 0.893. The van der Waals surface area contributed by atoms with E-state index in [4.69, 9.17) is 0 Å². The predicted molar refractivity (Wildman–Crippen MR) is 88.4 cm³/mol. The van der Waals surface area contributed by atoms with Crippen molar-refractivity contribution in [3.8, 4) is 0 Å². The van der Waals surface area contributed by atoms with Crippen LogP contribution in [0.3, 0.4) is 0 Å². The summed E-state index contributed by atoms with van der Waals surface area (Å²) in [6.07, 6.45) is 3.94. The molecule has 1 aliphatic carbocycles. The molecule has 1 amide bonds. The maximum atomic E-state index is 12.3. The van der Waals surface area contributed by atoms with E-state index in [1.54, 1.807) is 24.3 Å². The van der Waals surface area contributed by atoms with Gasteiger partial charge in [-0.05, 0) is 50.7 Å². The van der Waals surface area contributed by atoms with Gasteiger partial charge in [0.1, 0.15) is 0 Å². The van der Waals surface area contributed by atoms with Crippen molar-refractivity contribution < 1.29 is 13.2 Å². The zero-order valence-corrected chi connectivity index (χ0v) is 14.3. The fourth-order valence-electron chi connectivity index (χ4n) is 3.05. The number of carbonyl (C=O) groups is 1. The number of nitrogens with one attached hydrogen (secondary N) is 1. The number of benzene rings is 1. The normalized spacial score (nSPS) is 22.1. The van der Waals surface area contributed by atoms with Crippen molar-refractivity contribution in [2.24, 2.45) is 11.8 Å². The Morgan fingerprint density at radius 1 is 1.22 bits per heavy atom. The van der Waals surface area contributed by atoms with Crippen molar-refractivity contribution in [2.45, 2.75) is 37.5 Å². The van der Waals surface area contributed by atoms with Crippen molar-refractivity contribution in [1.82, 2.24) is 9.62 Å². The Morgan fingerprint density at radius 3 is 2.57 bits per heavy atom. The molecule has 0 spiro atoms. The average molecular weight is 336 g/mol. The van der Waals surface area contributed by atoms with Crippen LogP contribution in [0.25, 0.3) is 0 Å². The summed E-state index contributed by atoms with van der Waals surface area (Å²) in [7, 11) is -3.47. The van der Waals surface area contributed by atoms with Gasteiger partial charge in [-0.2, -0.15) is 0 Å². The lowest BCUT2D eigenvalue weighted by atomic mass is 9.98. The van der Waals surface area contributed by atoms with Gasteiger partial charge in [0.2, 0.25) is 15.9 Å². The summed E-state index contributed by atoms with van der Waals surface area (Å²) < 4.78 is 27.4. The first kappa shape index (κ1) is 16.5. The third kappa shape index (κ3) is 4.12. The minimum atomic E-state index is -3.47. The van der Waals surface area contributed by atoms with E-state index in [1.807, 2.05) is 11.8 Å². The van der Waals surface area contributed by atoms with Crippen LogP contribution in [0.2, 0.25) is 0 Å². The highest BCUT2D eigenvalue weighted by atomic mass is 32.2. The lowest BCUT2D eigenvalue weighted by Gasteiger charge is -2.33. The second kappa shape index (κ2) is 6.61. The topological polar surface area (TPSA) is 66.5 Å². The van der Waals surface area contributed by atoms with Gasteiger partial charge >= 0.3 is 0 Å². The first-order chi connectivity index (χ1) is 11.0. The van der Waals surface area contributed by atoms with Gasteiger partial charge in [0.25, 0.3) is 0 Å². The number of piperidine rings is 1. The molecule has 1 saturated heterocycles. The predicted octanol–water partition coefficient (Wildman–Crippen LogP) is 1.92. The molecule has 0 radical (unpaired) electrons. The molecule has 2 fully saturated rings. The Bertz CT molecular complexity index is 666. The highest BCUT2D eigenvalue weighted by Gasteiger charge is 2.35. The number of aryl methyl sites for hydroxylation is 1. The summed E-state index contributed by atoms with van der Waals surface area (Å²) in [6.45, 7) is 3.81. The third-order valence-corrected chi connectivity index (χ3v) is 6.09. The average Bonchev–Trinajstić information content (AvgIpc) is 3.38. The molecule has 126 valence electrons. The number of hydrogen-bond donors (Lipinski definition) is 1. The van der Waals surface area contributed by atoms with Crippen molar-refractivity contribution in [3.63, 3.8) is 0 Å². The van der Waals surface area contributed by atoms with E-state index >= 15 is 0 Å². The van der Waals surface area contributed by atoms with Crippen LogP contribution in [0, 0.1) is 18.8 Å². The van der Waals surface area contributed by atoms with Gasteiger partial charge in [-0.3, -0.25) is 4.79 Å². The fourth-order valence-corrected chi connectivity index (χ4v) is 4.16. The maximum absolute atomic E-state index is 12.3. The summed E-state index contributed by atoms with van der Waals surface area (Å²) in [5, 5.41) is 0. The molecule has 1 aliphatic heterocycles. The molecule has 5 nitrogen and oxygen atoms in total. The number of likely N-dealkylation sites (tertiary alicyclic amines) is 1. The molecular formula is C17H24N2O3S. The lowest BCUT2D eigenvalue weighted by Crippen LogP contribution is -2.44. The molecule has 1 heterocycles. The minimum absolute atomic E-state index is 0.201. The first-order valence-corrected chi connectivity index (χ1v) is 9.79. The first-order valence-electron chi connectivity index (χ1n) is 8.31. The van der Waals surface area contributed by atoms with Crippen molar-refractivity contribution >= 4 is 15.9 Å². The van der Waals surface area contributed by atoms with Crippen LogP contribution < -0.4 is 4.72 Å². The van der Waals surface area contributed by atoms with Gasteiger partial charge in [-0.15, -0.1) is 0 Å². The minimum Gasteiger partial charge on any atom is -0.342 e. The molecule has 23 heavy (non-hydrogen) atoms. The fraction of sp³-hybridized carbons (Fsp3) is 0.588. The molecule has 2 aliphatic rings. The number of sulfonamides is 1. The number of rotatable bonds is 5. The molecule has 1 atom stereocenters. The Labute approximate surface area is 138 Å². The monoisotopic (exact) mass is 336 g/mol. The Kier molecular flexibility index (Phi) is 4.73. The van der Waals surface area contributed by atoms with Crippen LogP contribution in [0.1, 0.15) is 31.2 Å². The molecule has 3 rings (SSSR count). The van der Waals surface area contributed by atoms with Gasteiger partial charge in [0, 0.05) is 25.6 Å². The van der Waals surface area contributed by atoms with Crippen LogP contribution in [-0.2, 0) is 14.8 Å². The van der Waals surface area contributed by atoms with Crippen LogP contribution in [-0.4, -0.2) is 38.9 Å². The van der Waals surface area contributed by atoms with E-state index in [1.165, 1.54) is 0 Å². The maximum Gasteiger partial charge on any atom is 0.240 e. The largest absolute Gasteiger partial charge is 0.342 e. The Hall–Kier alpha value is -1.40. The number of carbonyl (C=O) groups excluding carboxylic acids is 1. The zero-order chi connectivity index (χ0) is 16.4. The van der Waals surface area contributed by atoms with E-state index < -0.39 is 10.0 Å². The second-order valence-electron chi connectivity index (χ2n) is 6.73. The Morgan fingerprint density at radius 2 is 1.91 bits per heavy atom. The highest BCUT2D eigenvalue weighted by Crippen LogP contribution is 2.32. The molecule has 1 saturated carbocycles. The smallest absolute Gasteiger partial charge is 0.240 e. The van der Waals surface area contributed by atoms with Gasteiger partial charge in [0.05, 0.1) is 4.90 Å². The standard InChI is InChI=1S/C17H24N2O3S/c1-13-4-8-16(9-5-13)23(21,22)18-11-14-3-2-10-19(12-14)17(20)15-6-7-15/h4-5,8-9,14-15,18H,2-3,6-7,10-12H2,1H3. The Balaban J connectivity index is 1.56. The van der Waals surface area contributed by atoms with E-state index in [0.29, 0.717) is 18.0 Å². The number of nitrogens with zero attached hydrogens (tertiary/aromatic N) is 1. The van der Waals surface area contributed by atoms with Crippen molar-refractivity contribution in [2.75, 3.05) is 19.6 Å². The molecule has 1 N–H and O–H groups in total. The molecule has 0 bridgehead atoms. The summed E-state index contributed by atoms with van der Waals surface area (Å²) in [5.74, 6) is 0.695. The highest BCUT2D eigenvalue weighted by molar-refractivity contribution is 7.89. The number of amides is 1. The summed E-state index contributed by atoms with van der Waals surface area (Å²) in [4.78, 5) is 14.4. The van der Waals surface area contributed by atoms with Crippen molar-refractivity contribution in [1.29, 1.82) is 0 Å². The van der Waals surface area contributed by atoms with Crippen molar-refractivity contribution in [3.05, 3.63) is 29.8 Å². The van der Waals surface area contributed by atoms with E-state index in [2.05, 4.69) is 4.72 Å². The molecule has 0 aromatic heterocycles. The lowest BCUT2D eigenvalue weighted by molar-refractivity contribution is -0.134.